The third-order valence-electron chi connectivity index (χ3n) is 6.21. The van der Waals surface area contributed by atoms with Gasteiger partial charge in [0.1, 0.15) is 18.5 Å². The molecule has 0 bridgehead atoms. The normalized spacial score (nSPS) is 20.0. The van der Waals surface area contributed by atoms with Gasteiger partial charge in [0.15, 0.2) is 17.6 Å². The molecule has 8 nitrogen and oxygen atoms in total. The fraction of sp³-hybridized carbons (Fsp3) is 0.519. The first-order chi connectivity index (χ1) is 17.0. The molecule has 1 N–H and O–H groups in total. The van der Waals surface area contributed by atoms with E-state index in [0.717, 1.165) is 23.4 Å². The first-order valence-electron chi connectivity index (χ1n) is 12.2. The van der Waals surface area contributed by atoms with Crippen molar-refractivity contribution in [3.05, 3.63) is 53.6 Å². The fourth-order valence-electron chi connectivity index (χ4n) is 4.52. The summed E-state index contributed by atoms with van der Waals surface area (Å²) in [5.41, 5.74) is 2.04. The van der Waals surface area contributed by atoms with Gasteiger partial charge in [0.2, 0.25) is 0 Å². The van der Waals surface area contributed by atoms with Crippen molar-refractivity contribution in [2.24, 2.45) is 5.92 Å². The Bertz CT molecular complexity index is 997. The highest BCUT2D eigenvalue weighted by molar-refractivity contribution is 5.81. The standard InChI is InChI=1S/C27H36N2O6/c1-19(2)13-29(14-20-8-9-24-25(12-20)35-22(17-30)18-34-24)27(31)26-16-28(10-11-33-26)15-21-6-4-5-7-23(21)32-3/h4-9,12,19,22,26,30H,10-11,13-18H2,1-3H3/t22?,26-/m1/s1. The van der Waals surface area contributed by atoms with E-state index in [4.69, 9.17) is 18.9 Å². The Balaban J connectivity index is 1.45. The Morgan fingerprint density at radius 1 is 1.23 bits per heavy atom. The van der Waals surface area contributed by atoms with Crippen LogP contribution in [-0.2, 0) is 22.6 Å². The number of para-hydroxylation sites is 1. The van der Waals surface area contributed by atoms with E-state index in [0.29, 0.717) is 56.8 Å². The number of ether oxygens (including phenoxy) is 4. The summed E-state index contributed by atoms with van der Waals surface area (Å²) < 4.78 is 22.9. The number of nitrogens with zero attached hydrogens (tertiary/aromatic N) is 2. The Kier molecular flexibility index (Phi) is 8.49. The summed E-state index contributed by atoms with van der Waals surface area (Å²) >= 11 is 0. The predicted molar refractivity (Wildman–Crippen MR) is 132 cm³/mol. The van der Waals surface area contributed by atoms with Crippen LogP contribution >= 0.6 is 0 Å². The van der Waals surface area contributed by atoms with Crippen molar-refractivity contribution in [3.8, 4) is 17.2 Å². The highest BCUT2D eigenvalue weighted by atomic mass is 16.6. The smallest absolute Gasteiger partial charge is 0.253 e. The Labute approximate surface area is 207 Å². The molecule has 1 saturated heterocycles. The number of aliphatic hydroxyl groups is 1. The summed E-state index contributed by atoms with van der Waals surface area (Å²) in [4.78, 5) is 17.7. The second kappa shape index (κ2) is 11.7. The quantitative estimate of drug-likeness (QED) is 0.586. The molecule has 0 spiro atoms. The largest absolute Gasteiger partial charge is 0.496 e. The number of hydrogen-bond donors (Lipinski definition) is 1. The van der Waals surface area contributed by atoms with Crippen LogP contribution in [0.2, 0.25) is 0 Å². The van der Waals surface area contributed by atoms with Crippen molar-refractivity contribution >= 4 is 5.91 Å². The number of carbonyl (C=O) groups excluding carboxylic acids is 1. The van der Waals surface area contributed by atoms with E-state index in [1.54, 1.807) is 7.11 Å². The average Bonchev–Trinajstić information content (AvgIpc) is 2.87. The minimum Gasteiger partial charge on any atom is -0.496 e. The summed E-state index contributed by atoms with van der Waals surface area (Å²) in [5, 5.41) is 9.41. The molecule has 2 aromatic rings. The molecule has 0 saturated carbocycles. The van der Waals surface area contributed by atoms with Gasteiger partial charge in [0.25, 0.3) is 5.91 Å². The van der Waals surface area contributed by atoms with Crippen LogP contribution in [0.1, 0.15) is 25.0 Å². The average molecular weight is 485 g/mol. The number of hydrogen-bond acceptors (Lipinski definition) is 7. The van der Waals surface area contributed by atoms with Gasteiger partial charge in [-0.1, -0.05) is 38.1 Å². The van der Waals surface area contributed by atoms with Crippen LogP contribution in [-0.4, -0.2) is 79.6 Å². The van der Waals surface area contributed by atoms with Gasteiger partial charge in [-0.3, -0.25) is 9.69 Å². The molecule has 35 heavy (non-hydrogen) atoms. The molecule has 2 aromatic carbocycles. The first-order valence-corrected chi connectivity index (χ1v) is 12.2. The van der Waals surface area contributed by atoms with Crippen LogP contribution in [0.4, 0.5) is 0 Å². The van der Waals surface area contributed by atoms with E-state index in [1.165, 1.54) is 0 Å². The Morgan fingerprint density at radius 3 is 2.83 bits per heavy atom. The van der Waals surface area contributed by atoms with Crippen molar-refractivity contribution < 1.29 is 28.8 Å². The Hall–Kier alpha value is -2.81. The van der Waals surface area contributed by atoms with Gasteiger partial charge in [0, 0.05) is 38.3 Å². The predicted octanol–water partition coefficient (Wildman–Crippen LogP) is 2.71. The molecule has 4 rings (SSSR count). The Morgan fingerprint density at radius 2 is 2.06 bits per heavy atom. The molecule has 190 valence electrons. The lowest BCUT2D eigenvalue weighted by Crippen LogP contribution is -2.51. The summed E-state index contributed by atoms with van der Waals surface area (Å²) in [7, 11) is 1.68. The minimum atomic E-state index is -0.520. The van der Waals surface area contributed by atoms with Gasteiger partial charge in [-0.15, -0.1) is 0 Å². The van der Waals surface area contributed by atoms with Crippen molar-refractivity contribution in [1.29, 1.82) is 0 Å². The van der Waals surface area contributed by atoms with E-state index < -0.39 is 6.10 Å². The van der Waals surface area contributed by atoms with Crippen molar-refractivity contribution in [3.63, 3.8) is 0 Å². The van der Waals surface area contributed by atoms with Crippen LogP contribution in [0.25, 0.3) is 0 Å². The van der Waals surface area contributed by atoms with Crippen molar-refractivity contribution in [2.45, 2.75) is 39.1 Å². The lowest BCUT2D eigenvalue weighted by atomic mass is 10.1. The number of amides is 1. The van der Waals surface area contributed by atoms with Gasteiger partial charge in [0.05, 0.1) is 20.3 Å². The summed E-state index contributed by atoms with van der Waals surface area (Å²) in [6, 6.07) is 13.7. The number of methoxy groups -OCH3 is 1. The molecular weight excluding hydrogens is 448 g/mol. The minimum absolute atomic E-state index is 0.00782. The molecule has 0 radical (unpaired) electrons. The molecule has 2 aliphatic heterocycles. The first kappa shape index (κ1) is 25.3. The van der Waals surface area contributed by atoms with Gasteiger partial charge in [-0.2, -0.15) is 0 Å². The number of rotatable bonds is 9. The highest BCUT2D eigenvalue weighted by Gasteiger charge is 2.31. The second-order valence-corrected chi connectivity index (χ2v) is 9.53. The third-order valence-corrected chi connectivity index (χ3v) is 6.21. The molecule has 0 aromatic heterocycles. The van der Waals surface area contributed by atoms with E-state index in [-0.39, 0.29) is 18.6 Å². The molecule has 1 unspecified atom stereocenters. The third kappa shape index (κ3) is 6.45. The van der Waals surface area contributed by atoms with Gasteiger partial charge >= 0.3 is 0 Å². The summed E-state index contributed by atoms with van der Waals surface area (Å²) in [6.45, 7) is 8.01. The number of benzene rings is 2. The van der Waals surface area contributed by atoms with Crippen LogP contribution in [0.3, 0.4) is 0 Å². The highest BCUT2D eigenvalue weighted by Crippen LogP contribution is 2.33. The maximum absolute atomic E-state index is 13.6. The topological polar surface area (TPSA) is 80.7 Å². The maximum atomic E-state index is 13.6. The van der Waals surface area contributed by atoms with Gasteiger partial charge < -0.3 is 29.0 Å². The molecule has 2 atom stereocenters. The van der Waals surface area contributed by atoms with Gasteiger partial charge in [-0.25, -0.2) is 0 Å². The number of morpholine rings is 1. The maximum Gasteiger partial charge on any atom is 0.253 e. The number of aliphatic hydroxyl groups excluding tert-OH is 1. The zero-order chi connectivity index (χ0) is 24.8. The van der Waals surface area contributed by atoms with Crippen molar-refractivity contribution in [1.82, 2.24) is 9.80 Å². The fourth-order valence-corrected chi connectivity index (χ4v) is 4.52. The van der Waals surface area contributed by atoms with Crippen LogP contribution in [0.5, 0.6) is 17.2 Å². The molecule has 1 fully saturated rings. The summed E-state index contributed by atoms with van der Waals surface area (Å²) in [6.07, 6.45) is -0.899. The van der Waals surface area contributed by atoms with Gasteiger partial charge in [-0.05, 0) is 29.7 Å². The van der Waals surface area contributed by atoms with E-state index in [2.05, 4.69) is 24.8 Å². The molecular formula is C27H36N2O6. The monoisotopic (exact) mass is 484 g/mol. The zero-order valence-corrected chi connectivity index (χ0v) is 20.8. The molecule has 8 heteroatoms. The van der Waals surface area contributed by atoms with Crippen LogP contribution < -0.4 is 14.2 Å². The molecule has 0 aliphatic carbocycles. The van der Waals surface area contributed by atoms with E-state index in [9.17, 15) is 9.90 Å². The van der Waals surface area contributed by atoms with Crippen LogP contribution in [0.15, 0.2) is 42.5 Å². The second-order valence-electron chi connectivity index (χ2n) is 9.53. The molecule has 2 aliphatic rings. The zero-order valence-electron chi connectivity index (χ0n) is 20.8. The molecule has 2 heterocycles. The molecule has 1 amide bonds. The summed E-state index contributed by atoms with van der Waals surface area (Å²) in [5.74, 6) is 2.41. The lowest BCUT2D eigenvalue weighted by Gasteiger charge is -2.36. The number of fused-ring (bicyclic) bond motifs is 1. The van der Waals surface area contributed by atoms with E-state index >= 15 is 0 Å². The van der Waals surface area contributed by atoms with E-state index in [1.807, 2.05) is 41.3 Å². The van der Waals surface area contributed by atoms with Crippen molar-refractivity contribution in [2.75, 3.05) is 46.6 Å². The SMILES string of the molecule is COc1ccccc1CN1CCO[C@@H](C(=O)N(Cc2ccc3c(c2)OC(CO)CO3)CC(C)C)C1. The lowest BCUT2D eigenvalue weighted by molar-refractivity contribution is -0.151. The van der Waals surface area contributed by atoms with Crippen LogP contribution in [0, 0.1) is 5.92 Å². The number of carbonyl (C=O) groups is 1.